The second-order valence-electron chi connectivity index (χ2n) is 0. The quantitative estimate of drug-likeness (QED) is 0.390. The van der Waals surface area contributed by atoms with E-state index in [9.17, 15) is 0 Å². The Kier molecular flexibility index (Phi) is 3700. The highest BCUT2D eigenvalue weighted by molar-refractivity contribution is 4.23. The van der Waals surface area contributed by atoms with Crippen LogP contribution in [-0.4, -0.2) is 0 Å². The van der Waals surface area contributed by atoms with Gasteiger partial charge in [-0.05, 0) is 0 Å². The highest BCUT2D eigenvalue weighted by Gasteiger charge is 0.934. The van der Waals surface area contributed by atoms with E-state index >= 15 is 0 Å². The molecule has 0 atom stereocenters. The molecule has 0 aliphatic heterocycles. The first-order valence-electron chi connectivity index (χ1n) is 5.50. The van der Waals surface area contributed by atoms with Gasteiger partial charge in [-0.2, -0.15) is 0 Å². The van der Waals surface area contributed by atoms with Crippen molar-refractivity contribution in [1.82, 2.24) is 0 Å². The van der Waals surface area contributed by atoms with E-state index in [1.54, 1.807) is 0 Å². The summed E-state index contributed by atoms with van der Waals surface area (Å²) in [6.07, 6.45) is 0. The van der Waals surface area contributed by atoms with E-state index in [0.29, 0.717) is 0 Å². The lowest BCUT2D eigenvalue weighted by molar-refractivity contribution is 1.50. The van der Waals surface area contributed by atoms with Gasteiger partial charge in [0.15, 0.2) is 0 Å². The van der Waals surface area contributed by atoms with Crippen molar-refractivity contribution in [1.29, 1.82) is 0 Å². The van der Waals surface area contributed by atoms with E-state index in [1.807, 2.05) is 27.7 Å². The SMILES string of the molecule is C=C.C=C.C=C.C=C.C=C.C=C.C=C.CC.CC. The lowest BCUT2D eigenvalue weighted by atomic mass is 11.0. The smallest absolute Gasteiger partial charge is 0.0683 e. The molecule has 0 aromatic rings. The molecule has 112 valence electrons. The average molecular weight is 257 g/mol. The van der Waals surface area contributed by atoms with Gasteiger partial charge in [-0.25, -0.2) is 0 Å². The largest absolute Gasteiger partial charge is 0.106 e. The Bertz CT molecular complexity index is 19.7. The van der Waals surface area contributed by atoms with Crippen LogP contribution in [0.3, 0.4) is 0 Å². The van der Waals surface area contributed by atoms with Crippen LogP contribution >= 0.6 is 0 Å². The van der Waals surface area contributed by atoms with Crippen molar-refractivity contribution in [2.75, 3.05) is 0 Å². The molecule has 0 heterocycles. The number of rotatable bonds is 0. The van der Waals surface area contributed by atoms with Crippen molar-refractivity contribution in [3.05, 3.63) is 92.1 Å². The molecule has 0 saturated carbocycles. The summed E-state index contributed by atoms with van der Waals surface area (Å²) >= 11 is 0. The molecule has 0 amide bonds. The lowest BCUT2D eigenvalue weighted by Crippen LogP contribution is -0.856. The number of hydrogen-bond acceptors (Lipinski definition) is 0. The van der Waals surface area contributed by atoms with Crippen molar-refractivity contribution in [2.45, 2.75) is 27.7 Å². The minimum Gasteiger partial charge on any atom is -0.106 e. The molecule has 0 N–H and O–H groups in total. The summed E-state index contributed by atoms with van der Waals surface area (Å²) in [6, 6.07) is 0. The van der Waals surface area contributed by atoms with Crippen LogP contribution < -0.4 is 0 Å². The fourth-order valence-electron chi connectivity index (χ4n) is 0. The van der Waals surface area contributed by atoms with Crippen molar-refractivity contribution in [2.24, 2.45) is 0 Å². The third kappa shape index (κ3) is 744. The third-order valence-electron chi connectivity index (χ3n) is 0. The van der Waals surface area contributed by atoms with E-state index < -0.39 is 0 Å². The van der Waals surface area contributed by atoms with Crippen molar-refractivity contribution >= 4 is 0 Å². The van der Waals surface area contributed by atoms with Gasteiger partial charge in [0.25, 0.3) is 0 Å². The lowest BCUT2D eigenvalue weighted by Gasteiger charge is -1.07. The van der Waals surface area contributed by atoms with Crippen LogP contribution in [-0.2, 0) is 0 Å². The molecule has 0 unspecified atom stereocenters. The fourth-order valence-corrected chi connectivity index (χ4v) is 0. The Hall–Kier alpha value is -1.82. The maximum absolute atomic E-state index is 3.00. The first-order valence-corrected chi connectivity index (χ1v) is 5.50. The highest BCUT2D eigenvalue weighted by Crippen LogP contribution is 1.15. The molecule has 0 fully saturated rings. The van der Waals surface area contributed by atoms with Gasteiger partial charge in [-0.1, -0.05) is 27.7 Å². The third-order valence-corrected chi connectivity index (χ3v) is 0. The number of hydrogen-bond donors (Lipinski definition) is 0. The predicted molar refractivity (Wildman–Crippen MR) is 101 cm³/mol. The molecule has 0 radical (unpaired) electrons. The second kappa shape index (κ2) is 921. The molecule has 18 heavy (non-hydrogen) atoms. The van der Waals surface area contributed by atoms with Crippen molar-refractivity contribution in [3.8, 4) is 0 Å². The van der Waals surface area contributed by atoms with Crippen molar-refractivity contribution in [3.63, 3.8) is 0 Å². The zero-order chi connectivity index (χ0) is 18.0. The van der Waals surface area contributed by atoms with Crippen LogP contribution in [0.4, 0.5) is 0 Å². The topological polar surface area (TPSA) is 0 Å². The maximum atomic E-state index is 3.00. The molecule has 0 nitrogen and oxygen atoms in total. The van der Waals surface area contributed by atoms with Gasteiger partial charge in [-0.15, -0.1) is 92.1 Å². The average Bonchev–Trinajstić information content (AvgIpc) is 2.63. The Balaban J connectivity index is -0.00000000723. The van der Waals surface area contributed by atoms with Gasteiger partial charge in [0.05, 0.1) is 0 Å². The van der Waals surface area contributed by atoms with Gasteiger partial charge in [0.2, 0.25) is 0 Å². The second-order valence-corrected chi connectivity index (χ2v) is 0. The van der Waals surface area contributed by atoms with Gasteiger partial charge in [-0.3, -0.25) is 0 Å². The molecule has 0 saturated heterocycles. The standard InChI is InChI=1S/2C2H6.7C2H4/c9*1-2/h2*1-2H3;7*1-2H2. The molecule has 0 spiro atoms. The minimum absolute atomic E-state index is 2.00. The maximum Gasteiger partial charge on any atom is -0.0683 e. The van der Waals surface area contributed by atoms with Crippen LogP contribution in [0.15, 0.2) is 92.1 Å². The summed E-state index contributed by atoms with van der Waals surface area (Å²) in [5.41, 5.74) is 0. The van der Waals surface area contributed by atoms with Gasteiger partial charge in [0, 0.05) is 0 Å². The van der Waals surface area contributed by atoms with Crippen LogP contribution in [0.25, 0.3) is 0 Å². The Labute approximate surface area is 120 Å². The van der Waals surface area contributed by atoms with Crippen LogP contribution in [0.2, 0.25) is 0 Å². The van der Waals surface area contributed by atoms with Crippen LogP contribution in [0.5, 0.6) is 0 Å². The molecular weight excluding hydrogens is 216 g/mol. The summed E-state index contributed by atoms with van der Waals surface area (Å²) in [5.74, 6) is 0. The normalized spacial score (nSPS) is 2.22. The molecule has 0 aliphatic carbocycles. The molecular formula is C18H40. The predicted octanol–water partition coefficient (Wildman–Crippen LogP) is 7.67. The van der Waals surface area contributed by atoms with E-state index in [0.717, 1.165) is 0 Å². The van der Waals surface area contributed by atoms with Crippen LogP contribution in [0.1, 0.15) is 27.7 Å². The fraction of sp³-hybridized carbons (Fsp3) is 0.222. The first kappa shape index (κ1) is 72.3. The van der Waals surface area contributed by atoms with E-state index in [-0.39, 0.29) is 0 Å². The summed E-state index contributed by atoms with van der Waals surface area (Å²) in [7, 11) is 0. The Morgan fingerprint density at radius 2 is 0.222 bits per heavy atom. The van der Waals surface area contributed by atoms with Crippen LogP contribution in [0, 0.1) is 0 Å². The molecule has 0 rings (SSSR count). The molecule has 0 aromatic heterocycles. The summed E-state index contributed by atoms with van der Waals surface area (Å²) in [6.45, 7) is 50.0. The van der Waals surface area contributed by atoms with Gasteiger partial charge in [0.1, 0.15) is 0 Å². The zero-order valence-electron chi connectivity index (χ0n) is 13.9. The molecule has 0 heteroatoms. The monoisotopic (exact) mass is 256 g/mol. The zero-order valence-corrected chi connectivity index (χ0v) is 13.9. The first-order chi connectivity index (χ1) is 9.00. The van der Waals surface area contributed by atoms with Gasteiger partial charge < -0.3 is 0 Å². The molecule has 0 bridgehead atoms. The summed E-state index contributed by atoms with van der Waals surface area (Å²) < 4.78 is 0. The molecule has 0 aliphatic rings. The summed E-state index contributed by atoms with van der Waals surface area (Å²) in [5, 5.41) is 0. The van der Waals surface area contributed by atoms with E-state index in [2.05, 4.69) is 92.1 Å². The van der Waals surface area contributed by atoms with Gasteiger partial charge >= 0.3 is 0 Å². The minimum atomic E-state index is 2.00. The van der Waals surface area contributed by atoms with E-state index in [4.69, 9.17) is 0 Å². The van der Waals surface area contributed by atoms with Crippen molar-refractivity contribution < 1.29 is 0 Å². The van der Waals surface area contributed by atoms with E-state index in [1.165, 1.54) is 0 Å². The highest BCUT2D eigenvalue weighted by atomic mass is 13.0. The Morgan fingerprint density at radius 1 is 0.222 bits per heavy atom. The Morgan fingerprint density at radius 3 is 0.222 bits per heavy atom. The molecule has 0 aromatic carbocycles. The summed E-state index contributed by atoms with van der Waals surface area (Å²) in [4.78, 5) is 0.